The van der Waals surface area contributed by atoms with Gasteiger partial charge in [-0.15, -0.1) is 4.83 Å². The Morgan fingerprint density at radius 2 is 2.00 bits per heavy atom. The van der Waals surface area contributed by atoms with Crippen LogP contribution in [0.1, 0.15) is 25.2 Å². The van der Waals surface area contributed by atoms with E-state index < -0.39 is 10.0 Å². The van der Waals surface area contributed by atoms with Crippen LogP contribution in [0.4, 0.5) is 5.82 Å². The lowest BCUT2D eigenvalue weighted by atomic mass is 9.98. The van der Waals surface area contributed by atoms with Crippen molar-refractivity contribution < 1.29 is 8.42 Å². The van der Waals surface area contributed by atoms with Gasteiger partial charge in [-0.3, -0.25) is 5.01 Å². The lowest BCUT2D eigenvalue weighted by Gasteiger charge is -2.27. The number of rotatable bonds is 7. The molecule has 0 amide bonds. The normalized spacial score (nSPS) is 11.3. The number of hydrogen-bond donors (Lipinski definition) is 1. The van der Waals surface area contributed by atoms with Crippen LogP contribution >= 0.6 is 0 Å². The predicted octanol–water partition coefficient (Wildman–Crippen LogP) is 0.104. The second kappa shape index (κ2) is 8.10. The van der Waals surface area contributed by atoms with Crippen LogP contribution in [0.25, 0.3) is 0 Å². The summed E-state index contributed by atoms with van der Waals surface area (Å²) in [4.78, 5) is 10.7. The van der Waals surface area contributed by atoms with Crippen molar-refractivity contribution in [2.45, 2.75) is 19.6 Å². The van der Waals surface area contributed by atoms with Gasteiger partial charge in [-0.1, -0.05) is 44.2 Å². The molecule has 1 aromatic carbocycles. The van der Waals surface area contributed by atoms with Crippen LogP contribution in [0.15, 0.2) is 36.5 Å². The zero-order valence-electron chi connectivity index (χ0n) is 14.5. The summed E-state index contributed by atoms with van der Waals surface area (Å²) in [6.45, 7) is 4.36. The number of nitrogens with zero attached hydrogens (tertiary/aromatic N) is 4. The Balaban J connectivity index is 2.30. The van der Waals surface area contributed by atoms with Gasteiger partial charge in [0.1, 0.15) is 19.7 Å². The fourth-order valence-corrected chi connectivity index (χ4v) is 3.48. The lowest BCUT2D eigenvalue weighted by Crippen LogP contribution is -2.47. The molecule has 0 saturated heterocycles. The molecule has 0 bridgehead atoms. The molecular formula is C16H20BN5O2S. The average Bonchev–Trinajstić information content (AvgIpc) is 2.54. The maximum Gasteiger partial charge on any atom is 0.234 e. The Morgan fingerprint density at radius 3 is 2.60 bits per heavy atom. The number of anilines is 1. The largest absolute Gasteiger partial charge is 0.279 e. The van der Waals surface area contributed by atoms with E-state index in [4.69, 9.17) is 5.26 Å². The number of hydrogen-bond acceptors (Lipinski definition) is 6. The maximum absolute atomic E-state index is 12.6. The molecule has 0 aliphatic rings. The van der Waals surface area contributed by atoms with Crippen molar-refractivity contribution in [3.8, 4) is 6.07 Å². The van der Waals surface area contributed by atoms with Gasteiger partial charge >= 0.3 is 0 Å². The van der Waals surface area contributed by atoms with Crippen molar-refractivity contribution in [1.82, 2.24) is 14.8 Å². The van der Waals surface area contributed by atoms with E-state index in [1.54, 1.807) is 32.1 Å². The summed E-state index contributed by atoms with van der Waals surface area (Å²) >= 11 is 0. The van der Waals surface area contributed by atoms with Crippen molar-refractivity contribution in [2.75, 3.05) is 11.6 Å². The molecule has 0 atom stereocenters. The summed E-state index contributed by atoms with van der Waals surface area (Å²) in [5.41, 5.74) is 1.37. The number of benzene rings is 1. The van der Waals surface area contributed by atoms with E-state index in [1.165, 1.54) is 11.2 Å². The molecule has 25 heavy (non-hydrogen) atoms. The Bertz CT molecular complexity index is 866. The zero-order chi connectivity index (χ0) is 18.4. The van der Waals surface area contributed by atoms with Gasteiger partial charge in [0.05, 0.1) is 5.75 Å². The molecule has 1 N–H and O–H groups in total. The van der Waals surface area contributed by atoms with Crippen LogP contribution in [-0.2, 0) is 15.8 Å². The molecule has 9 heteroatoms. The highest BCUT2D eigenvalue weighted by Gasteiger charge is 2.21. The Hall–Kier alpha value is -2.44. The molecule has 0 aliphatic heterocycles. The fourth-order valence-electron chi connectivity index (χ4n) is 2.29. The van der Waals surface area contributed by atoms with Crippen molar-refractivity contribution in [3.63, 3.8) is 0 Å². The Morgan fingerprint density at radius 1 is 1.32 bits per heavy atom. The first-order valence-electron chi connectivity index (χ1n) is 7.86. The summed E-state index contributed by atoms with van der Waals surface area (Å²) in [5.74, 6) is 0.422. The molecule has 0 radical (unpaired) electrons. The average molecular weight is 357 g/mol. The molecule has 0 fully saturated rings. The number of nitriles is 1. The third kappa shape index (κ3) is 5.55. The Kier molecular flexibility index (Phi) is 6.12. The molecule has 0 saturated carbocycles. The minimum Gasteiger partial charge on any atom is -0.279 e. The van der Waals surface area contributed by atoms with Gasteiger partial charge in [-0.2, -0.15) is 5.26 Å². The second-order valence-electron chi connectivity index (χ2n) is 6.15. The number of hydrazine groups is 1. The molecule has 0 aliphatic carbocycles. The van der Waals surface area contributed by atoms with Gasteiger partial charge in [0, 0.05) is 12.7 Å². The zero-order valence-corrected chi connectivity index (χ0v) is 15.3. The monoisotopic (exact) mass is 357 g/mol. The number of nitrogens with one attached hydrogen (secondary N) is 1. The number of sulfonamides is 1. The van der Waals surface area contributed by atoms with Gasteiger partial charge in [0.2, 0.25) is 15.8 Å². The van der Waals surface area contributed by atoms with E-state index in [0.717, 1.165) is 0 Å². The SMILES string of the molecule is Bc1cnc(C#N)nc1N(CC(C)C)NS(=O)(=O)Cc1ccccc1. The Labute approximate surface area is 149 Å². The van der Waals surface area contributed by atoms with Gasteiger partial charge in [-0.05, 0) is 16.9 Å². The van der Waals surface area contributed by atoms with Crippen LogP contribution in [0.2, 0.25) is 0 Å². The molecule has 0 spiro atoms. The smallest absolute Gasteiger partial charge is 0.234 e. The van der Waals surface area contributed by atoms with Crippen LogP contribution in [0.3, 0.4) is 0 Å². The summed E-state index contributed by atoms with van der Waals surface area (Å²) in [7, 11) is -1.86. The summed E-state index contributed by atoms with van der Waals surface area (Å²) < 4.78 is 25.1. The molecule has 2 rings (SSSR count). The van der Waals surface area contributed by atoms with Crippen LogP contribution in [0, 0.1) is 17.2 Å². The highest BCUT2D eigenvalue weighted by Crippen LogP contribution is 2.11. The van der Waals surface area contributed by atoms with Crippen LogP contribution < -0.4 is 15.3 Å². The third-order valence-electron chi connectivity index (χ3n) is 3.30. The molecule has 0 unspecified atom stereocenters. The van der Waals surface area contributed by atoms with E-state index in [9.17, 15) is 8.42 Å². The lowest BCUT2D eigenvalue weighted by molar-refractivity contribution is 0.552. The molecule has 7 nitrogen and oxygen atoms in total. The van der Waals surface area contributed by atoms with Gasteiger partial charge in [0.25, 0.3) is 0 Å². The second-order valence-corrected chi connectivity index (χ2v) is 7.85. The summed E-state index contributed by atoms with van der Waals surface area (Å²) in [6, 6.07) is 10.8. The van der Waals surface area contributed by atoms with E-state index in [-0.39, 0.29) is 17.5 Å². The van der Waals surface area contributed by atoms with Crippen LogP contribution in [-0.4, -0.2) is 32.8 Å². The first-order chi connectivity index (χ1) is 11.8. The van der Waals surface area contributed by atoms with Gasteiger partial charge < -0.3 is 0 Å². The predicted molar refractivity (Wildman–Crippen MR) is 99.3 cm³/mol. The van der Waals surface area contributed by atoms with E-state index in [1.807, 2.05) is 26.0 Å². The van der Waals surface area contributed by atoms with Crippen LogP contribution in [0.5, 0.6) is 0 Å². The standard InChI is InChI=1S/C16H20BN5O2S/c1-12(2)10-22(16-14(17)9-19-15(8-18)20-16)21-25(23,24)11-13-6-4-3-5-7-13/h3-7,9,12,21H,10-11,17H2,1-2H3. The van der Waals surface area contributed by atoms with Crippen molar-refractivity contribution in [2.24, 2.45) is 5.92 Å². The van der Waals surface area contributed by atoms with Crippen molar-refractivity contribution >= 4 is 29.2 Å². The molecular weight excluding hydrogens is 337 g/mol. The molecule has 1 aromatic heterocycles. The van der Waals surface area contributed by atoms with Crippen molar-refractivity contribution in [3.05, 3.63) is 47.9 Å². The van der Waals surface area contributed by atoms with E-state index in [2.05, 4.69) is 14.8 Å². The topological polar surface area (TPSA) is 99.0 Å². The fraction of sp³-hybridized carbons (Fsp3) is 0.312. The third-order valence-corrected chi connectivity index (χ3v) is 4.51. The number of aromatic nitrogens is 2. The van der Waals surface area contributed by atoms with E-state index in [0.29, 0.717) is 23.4 Å². The highest BCUT2D eigenvalue weighted by molar-refractivity contribution is 7.88. The summed E-state index contributed by atoms with van der Waals surface area (Å²) in [5, 5.41) is 10.5. The van der Waals surface area contributed by atoms with Gasteiger partial charge in [-0.25, -0.2) is 18.4 Å². The van der Waals surface area contributed by atoms with E-state index >= 15 is 0 Å². The quantitative estimate of drug-likeness (QED) is 0.558. The molecule has 1 heterocycles. The molecule has 2 aromatic rings. The highest BCUT2D eigenvalue weighted by atomic mass is 32.2. The minimum absolute atomic E-state index is 0.00314. The maximum atomic E-state index is 12.6. The first kappa shape index (κ1) is 18.9. The first-order valence-corrected chi connectivity index (χ1v) is 9.51. The molecule has 130 valence electrons. The van der Waals surface area contributed by atoms with Gasteiger partial charge in [0.15, 0.2) is 0 Å². The minimum atomic E-state index is -3.63. The summed E-state index contributed by atoms with van der Waals surface area (Å²) in [6.07, 6.45) is 1.51. The van der Waals surface area contributed by atoms with Crippen molar-refractivity contribution in [1.29, 1.82) is 5.26 Å².